The minimum absolute atomic E-state index is 0.203. The highest BCUT2D eigenvalue weighted by molar-refractivity contribution is 5.92. The van der Waals surface area contributed by atoms with Gasteiger partial charge in [0.1, 0.15) is 11.6 Å². The van der Waals surface area contributed by atoms with Crippen molar-refractivity contribution >= 4 is 11.8 Å². The van der Waals surface area contributed by atoms with Gasteiger partial charge in [0.15, 0.2) is 5.69 Å². The number of imidazole rings is 1. The maximum absolute atomic E-state index is 11.8. The molecule has 0 radical (unpaired) electrons. The van der Waals surface area contributed by atoms with Crippen molar-refractivity contribution in [3.05, 3.63) is 29.5 Å². The normalized spacial score (nSPS) is 10.8. The number of anilines is 1. The van der Waals surface area contributed by atoms with Gasteiger partial charge in [-0.1, -0.05) is 6.92 Å². The predicted molar refractivity (Wildman–Crippen MR) is 78.9 cm³/mol. The van der Waals surface area contributed by atoms with Crippen LogP contribution in [0.4, 0.5) is 5.82 Å². The van der Waals surface area contributed by atoms with Crippen LogP contribution in [0.2, 0.25) is 0 Å². The Bertz CT molecular complexity index is 629. The highest BCUT2D eigenvalue weighted by Gasteiger charge is 2.20. The highest BCUT2D eigenvalue weighted by atomic mass is 16.5. The second-order valence-electron chi connectivity index (χ2n) is 4.72. The molecule has 2 N–H and O–H groups in total. The standard InChI is InChI=1S/C14H21N5O2/c1-4-11-16-12(14(20)21-5-2)13(15)19(11)9-7-10-6-8-18(3)17-10/h6,8H,4-5,7,9,15H2,1-3H3. The van der Waals surface area contributed by atoms with E-state index in [-0.39, 0.29) is 5.69 Å². The van der Waals surface area contributed by atoms with Gasteiger partial charge in [-0.15, -0.1) is 0 Å². The van der Waals surface area contributed by atoms with Crippen LogP contribution < -0.4 is 5.73 Å². The number of rotatable bonds is 6. The number of ether oxygens (including phenoxy) is 1. The Morgan fingerprint density at radius 2 is 2.19 bits per heavy atom. The smallest absolute Gasteiger partial charge is 0.360 e. The molecular weight excluding hydrogens is 270 g/mol. The minimum Gasteiger partial charge on any atom is -0.461 e. The van der Waals surface area contributed by atoms with Crippen molar-refractivity contribution < 1.29 is 9.53 Å². The molecule has 0 saturated heterocycles. The summed E-state index contributed by atoms with van der Waals surface area (Å²) >= 11 is 0. The van der Waals surface area contributed by atoms with E-state index in [0.29, 0.717) is 25.4 Å². The van der Waals surface area contributed by atoms with Crippen LogP contribution in [0.15, 0.2) is 12.3 Å². The number of hydrogen-bond donors (Lipinski definition) is 1. The monoisotopic (exact) mass is 291 g/mol. The van der Waals surface area contributed by atoms with Crippen LogP contribution in [0.3, 0.4) is 0 Å². The summed E-state index contributed by atoms with van der Waals surface area (Å²) in [6, 6.07) is 1.96. The lowest BCUT2D eigenvalue weighted by atomic mass is 10.3. The van der Waals surface area contributed by atoms with E-state index in [1.807, 2.05) is 30.8 Å². The van der Waals surface area contributed by atoms with Gasteiger partial charge in [-0.05, 0) is 13.0 Å². The molecule has 0 saturated carbocycles. The SMILES string of the molecule is CCOC(=O)c1nc(CC)n(CCc2ccn(C)n2)c1N. The van der Waals surface area contributed by atoms with Crippen molar-refractivity contribution in [2.75, 3.05) is 12.3 Å². The molecule has 0 atom stereocenters. The van der Waals surface area contributed by atoms with E-state index in [0.717, 1.165) is 17.9 Å². The van der Waals surface area contributed by atoms with E-state index in [1.165, 1.54) is 0 Å². The highest BCUT2D eigenvalue weighted by Crippen LogP contribution is 2.17. The molecule has 0 amide bonds. The average Bonchev–Trinajstić information content (AvgIpc) is 3.00. The molecule has 0 aliphatic rings. The Morgan fingerprint density at radius 1 is 1.43 bits per heavy atom. The van der Waals surface area contributed by atoms with Crippen molar-refractivity contribution in [3.63, 3.8) is 0 Å². The number of nitrogens with zero attached hydrogens (tertiary/aromatic N) is 4. The first-order chi connectivity index (χ1) is 10.1. The molecule has 0 fully saturated rings. The van der Waals surface area contributed by atoms with Crippen LogP contribution >= 0.6 is 0 Å². The molecule has 7 nitrogen and oxygen atoms in total. The third-order valence-electron chi connectivity index (χ3n) is 3.23. The lowest BCUT2D eigenvalue weighted by Crippen LogP contribution is -2.11. The predicted octanol–water partition coefficient (Wildman–Crippen LogP) is 1.18. The Morgan fingerprint density at radius 3 is 2.76 bits per heavy atom. The molecule has 7 heteroatoms. The van der Waals surface area contributed by atoms with Gasteiger partial charge in [0, 0.05) is 32.6 Å². The third-order valence-corrected chi connectivity index (χ3v) is 3.23. The van der Waals surface area contributed by atoms with E-state index in [4.69, 9.17) is 10.5 Å². The lowest BCUT2D eigenvalue weighted by molar-refractivity contribution is 0.0521. The largest absolute Gasteiger partial charge is 0.461 e. The van der Waals surface area contributed by atoms with Gasteiger partial charge in [0.25, 0.3) is 0 Å². The first-order valence-corrected chi connectivity index (χ1v) is 7.07. The lowest BCUT2D eigenvalue weighted by Gasteiger charge is -2.07. The molecule has 0 aliphatic heterocycles. The zero-order chi connectivity index (χ0) is 15.4. The summed E-state index contributed by atoms with van der Waals surface area (Å²) in [6.07, 6.45) is 3.33. The number of aryl methyl sites for hydroxylation is 3. The summed E-state index contributed by atoms with van der Waals surface area (Å²) in [5.74, 6) is 0.675. The number of aromatic nitrogens is 4. The van der Waals surface area contributed by atoms with Crippen molar-refractivity contribution in [3.8, 4) is 0 Å². The molecule has 2 aromatic heterocycles. The quantitative estimate of drug-likeness (QED) is 0.807. The Labute approximate surface area is 123 Å². The van der Waals surface area contributed by atoms with Crippen LogP contribution in [0.5, 0.6) is 0 Å². The fourth-order valence-electron chi connectivity index (χ4n) is 2.21. The number of carbonyl (C=O) groups excluding carboxylic acids is 1. The van der Waals surface area contributed by atoms with Crippen molar-refractivity contribution in [2.45, 2.75) is 33.2 Å². The maximum Gasteiger partial charge on any atom is 0.360 e. The fourth-order valence-corrected chi connectivity index (χ4v) is 2.21. The van der Waals surface area contributed by atoms with E-state index in [1.54, 1.807) is 11.6 Å². The zero-order valence-corrected chi connectivity index (χ0v) is 12.7. The van der Waals surface area contributed by atoms with Gasteiger partial charge in [0.2, 0.25) is 0 Å². The first-order valence-electron chi connectivity index (χ1n) is 7.07. The van der Waals surface area contributed by atoms with Gasteiger partial charge in [-0.25, -0.2) is 9.78 Å². The second-order valence-corrected chi connectivity index (χ2v) is 4.72. The number of nitrogen functional groups attached to an aromatic ring is 1. The van der Waals surface area contributed by atoms with Crippen LogP contribution in [0.1, 0.15) is 35.9 Å². The van der Waals surface area contributed by atoms with E-state index in [2.05, 4.69) is 10.1 Å². The molecule has 21 heavy (non-hydrogen) atoms. The number of esters is 1. The molecule has 0 aromatic carbocycles. The molecule has 0 aliphatic carbocycles. The van der Waals surface area contributed by atoms with Crippen molar-refractivity contribution in [2.24, 2.45) is 7.05 Å². The molecule has 114 valence electrons. The summed E-state index contributed by atoms with van der Waals surface area (Å²) in [6.45, 7) is 4.68. The van der Waals surface area contributed by atoms with Crippen molar-refractivity contribution in [1.82, 2.24) is 19.3 Å². The summed E-state index contributed by atoms with van der Waals surface area (Å²) in [5.41, 5.74) is 7.23. The molecule has 2 aromatic rings. The molecule has 2 heterocycles. The van der Waals surface area contributed by atoms with Crippen LogP contribution in [0.25, 0.3) is 0 Å². The summed E-state index contributed by atoms with van der Waals surface area (Å²) in [5, 5.41) is 4.33. The molecule has 0 unspecified atom stereocenters. The van der Waals surface area contributed by atoms with Gasteiger partial charge in [0.05, 0.1) is 12.3 Å². The van der Waals surface area contributed by atoms with E-state index >= 15 is 0 Å². The summed E-state index contributed by atoms with van der Waals surface area (Å²) in [4.78, 5) is 16.1. The first kappa shape index (κ1) is 15.1. The molecule has 0 bridgehead atoms. The van der Waals surface area contributed by atoms with Gasteiger partial charge < -0.3 is 15.0 Å². The average molecular weight is 291 g/mol. The van der Waals surface area contributed by atoms with Crippen LogP contribution in [-0.2, 0) is 31.2 Å². The van der Waals surface area contributed by atoms with Crippen LogP contribution in [0, 0.1) is 0 Å². The number of carbonyl (C=O) groups is 1. The topological polar surface area (TPSA) is 88.0 Å². The van der Waals surface area contributed by atoms with Gasteiger partial charge in [-0.2, -0.15) is 5.10 Å². The molecule has 2 rings (SSSR count). The summed E-state index contributed by atoms with van der Waals surface area (Å²) in [7, 11) is 1.88. The van der Waals surface area contributed by atoms with Gasteiger partial charge in [-0.3, -0.25) is 4.68 Å². The fraction of sp³-hybridized carbons (Fsp3) is 0.500. The Kier molecular flexibility index (Phi) is 4.62. The zero-order valence-electron chi connectivity index (χ0n) is 12.7. The Balaban J connectivity index is 2.19. The maximum atomic E-state index is 11.8. The summed E-state index contributed by atoms with van der Waals surface area (Å²) < 4.78 is 8.60. The van der Waals surface area contributed by atoms with E-state index in [9.17, 15) is 4.79 Å². The second kappa shape index (κ2) is 6.43. The minimum atomic E-state index is -0.471. The third kappa shape index (κ3) is 3.24. The Hall–Kier alpha value is -2.31. The van der Waals surface area contributed by atoms with Crippen molar-refractivity contribution in [1.29, 1.82) is 0 Å². The molecule has 0 spiro atoms. The number of nitrogens with two attached hydrogens (primary N) is 1. The van der Waals surface area contributed by atoms with E-state index < -0.39 is 5.97 Å². The molecular formula is C14H21N5O2. The van der Waals surface area contributed by atoms with Gasteiger partial charge >= 0.3 is 5.97 Å². The van der Waals surface area contributed by atoms with Crippen LogP contribution in [-0.4, -0.2) is 31.9 Å². The number of hydrogen-bond acceptors (Lipinski definition) is 5.